The lowest BCUT2D eigenvalue weighted by molar-refractivity contribution is -0.144. The second kappa shape index (κ2) is 4.24. The first-order chi connectivity index (χ1) is 7.66. The monoisotopic (exact) mass is 280 g/mol. The number of nitrogens with zero attached hydrogens (tertiary/aromatic N) is 1. The number of nitriles is 1. The second-order valence-corrected chi connectivity index (χ2v) is 4.56. The summed E-state index contributed by atoms with van der Waals surface area (Å²) in [6, 6.07) is 9.19. The molecule has 0 radical (unpaired) electrons. The van der Waals surface area contributed by atoms with Crippen molar-refractivity contribution >= 4 is 27.5 Å². The van der Waals surface area contributed by atoms with Crippen molar-refractivity contribution in [3.05, 3.63) is 28.7 Å². The fourth-order valence-electron chi connectivity index (χ4n) is 1.34. The van der Waals surface area contributed by atoms with Crippen LogP contribution in [0.25, 0.3) is 0 Å². The molecule has 16 heavy (non-hydrogen) atoms. The molecule has 0 unspecified atom stereocenters. The summed E-state index contributed by atoms with van der Waals surface area (Å²) < 4.78 is 5.85. The molecular weight excluding hydrogens is 272 g/mol. The van der Waals surface area contributed by atoms with Crippen LogP contribution < -0.4 is 5.32 Å². The predicted octanol–water partition coefficient (Wildman–Crippen LogP) is 1.93. The second-order valence-electron chi connectivity index (χ2n) is 3.65. The maximum absolute atomic E-state index is 11.8. The molecule has 5 heteroatoms. The Kier molecular flexibility index (Phi) is 2.95. The van der Waals surface area contributed by atoms with Crippen LogP contribution in [0.15, 0.2) is 28.7 Å². The summed E-state index contributed by atoms with van der Waals surface area (Å²) in [5, 5.41) is 11.6. The van der Waals surface area contributed by atoms with Crippen molar-refractivity contribution in [1.82, 2.24) is 0 Å². The first kappa shape index (κ1) is 11.1. The molecule has 0 spiro atoms. The molecule has 0 atom stereocenters. The van der Waals surface area contributed by atoms with E-state index < -0.39 is 5.41 Å². The van der Waals surface area contributed by atoms with Gasteiger partial charge in [-0.15, -0.1) is 0 Å². The molecule has 1 aromatic carbocycles. The third-order valence-electron chi connectivity index (χ3n) is 2.45. The van der Waals surface area contributed by atoms with Crippen LogP contribution in [0.1, 0.15) is 0 Å². The average molecular weight is 281 g/mol. The van der Waals surface area contributed by atoms with E-state index in [1.807, 2.05) is 18.2 Å². The van der Waals surface area contributed by atoms with Gasteiger partial charge in [0, 0.05) is 10.2 Å². The third kappa shape index (κ3) is 1.94. The van der Waals surface area contributed by atoms with E-state index in [1.165, 1.54) is 0 Å². The molecule has 1 N–H and O–H groups in total. The van der Waals surface area contributed by atoms with E-state index in [4.69, 9.17) is 10.00 Å². The van der Waals surface area contributed by atoms with Gasteiger partial charge in [0.2, 0.25) is 5.91 Å². The zero-order chi connectivity index (χ0) is 11.6. The number of rotatable bonds is 2. The Balaban J connectivity index is 2.08. The molecule has 1 fully saturated rings. The van der Waals surface area contributed by atoms with E-state index in [2.05, 4.69) is 21.2 Å². The molecule has 0 saturated carbocycles. The highest BCUT2D eigenvalue weighted by Crippen LogP contribution is 2.28. The number of halogens is 1. The number of carbonyl (C=O) groups is 1. The minimum atomic E-state index is -1.01. The number of benzene rings is 1. The number of nitrogens with one attached hydrogen (secondary N) is 1. The Morgan fingerprint density at radius 2 is 2.06 bits per heavy atom. The zero-order valence-corrected chi connectivity index (χ0v) is 9.95. The molecule has 4 nitrogen and oxygen atoms in total. The van der Waals surface area contributed by atoms with Gasteiger partial charge in [0.25, 0.3) is 0 Å². The highest BCUT2D eigenvalue weighted by molar-refractivity contribution is 9.10. The molecule has 0 bridgehead atoms. The van der Waals surface area contributed by atoms with E-state index in [9.17, 15) is 4.79 Å². The molecule has 0 aromatic heterocycles. The summed E-state index contributed by atoms with van der Waals surface area (Å²) in [5.41, 5.74) is -0.331. The summed E-state index contributed by atoms with van der Waals surface area (Å²) >= 11 is 3.30. The Bertz CT molecular complexity index is 446. The molecule has 1 aliphatic heterocycles. The van der Waals surface area contributed by atoms with Crippen molar-refractivity contribution in [2.24, 2.45) is 5.41 Å². The van der Waals surface area contributed by atoms with Gasteiger partial charge >= 0.3 is 0 Å². The number of anilines is 1. The fourth-order valence-corrected chi connectivity index (χ4v) is 1.60. The molecule has 1 aromatic rings. The van der Waals surface area contributed by atoms with E-state index in [-0.39, 0.29) is 19.1 Å². The van der Waals surface area contributed by atoms with Crippen molar-refractivity contribution in [1.29, 1.82) is 5.26 Å². The summed E-state index contributed by atoms with van der Waals surface area (Å²) in [4.78, 5) is 11.8. The maximum atomic E-state index is 11.8. The minimum Gasteiger partial charge on any atom is -0.377 e. The van der Waals surface area contributed by atoms with Gasteiger partial charge in [-0.3, -0.25) is 4.79 Å². The largest absolute Gasteiger partial charge is 0.377 e. The van der Waals surface area contributed by atoms with Crippen molar-refractivity contribution in [2.45, 2.75) is 0 Å². The van der Waals surface area contributed by atoms with Crippen molar-refractivity contribution in [3.63, 3.8) is 0 Å². The van der Waals surface area contributed by atoms with E-state index in [0.717, 1.165) is 4.47 Å². The number of amides is 1. The fraction of sp³-hybridized carbons (Fsp3) is 0.273. The van der Waals surface area contributed by atoms with Crippen LogP contribution in [0.2, 0.25) is 0 Å². The first-order valence-electron chi connectivity index (χ1n) is 4.72. The normalized spacial score (nSPS) is 17.0. The number of ether oxygens (including phenoxy) is 1. The van der Waals surface area contributed by atoms with Gasteiger partial charge in [-0.1, -0.05) is 15.9 Å². The van der Waals surface area contributed by atoms with Crippen LogP contribution >= 0.6 is 15.9 Å². The van der Waals surface area contributed by atoms with E-state index >= 15 is 0 Å². The number of carbonyl (C=O) groups excluding carboxylic acids is 1. The van der Waals surface area contributed by atoms with E-state index in [1.54, 1.807) is 12.1 Å². The van der Waals surface area contributed by atoms with Gasteiger partial charge in [0.05, 0.1) is 19.3 Å². The minimum absolute atomic E-state index is 0.172. The van der Waals surface area contributed by atoms with Gasteiger partial charge in [0.15, 0.2) is 5.41 Å². The summed E-state index contributed by atoms with van der Waals surface area (Å²) in [5.74, 6) is -0.302. The SMILES string of the molecule is N#CC1(C(=O)Nc2ccc(Br)cc2)COC1. The van der Waals surface area contributed by atoms with Crippen LogP contribution in [-0.4, -0.2) is 19.1 Å². The standard InChI is InChI=1S/C11H9BrN2O2/c12-8-1-3-9(4-2-8)14-10(15)11(5-13)6-16-7-11/h1-4H,6-7H2,(H,14,15). The number of hydrogen-bond donors (Lipinski definition) is 1. The molecule has 1 heterocycles. The number of hydrogen-bond acceptors (Lipinski definition) is 3. The molecule has 1 aliphatic rings. The van der Waals surface area contributed by atoms with Gasteiger partial charge in [0.1, 0.15) is 0 Å². The smallest absolute Gasteiger partial charge is 0.249 e. The molecule has 1 amide bonds. The van der Waals surface area contributed by atoms with E-state index in [0.29, 0.717) is 5.69 Å². The average Bonchev–Trinajstić information content (AvgIpc) is 2.21. The Hall–Kier alpha value is -1.38. The van der Waals surface area contributed by atoms with Crippen LogP contribution in [0.3, 0.4) is 0 Å². The molecule has 1 saturated heterocycles. The van der Waals surface area contributed by atoms with Crippen LogP contribution in [0.4, 0.5) is 5.69 Å². The Morgan fingerprint density at radius 3 is 2.50 bits per heavy atom. The molecule has 0 aliphatic carbocycles. The quantitative estimate of drug-likeness (QED) is 0.901. The third-order valence-corrected chi connectivity index (χ3v) is 2.98. The van der Waals surface area contributed by atoms with Gasteiger partial charge in [-0.05, 0) is 24.3 Å². The van der Waals surface area contributed by atoms with Gasteiger partial charge < -0.3 is 10.1 Å². The lowest BCUT2D eigenvalue weighted by Crippen LogP contribution is -2.50. The highest BCUT2D eigenvalue weighted by Gasteiger charge is 2.46. The van der Waals surface area contributed by atoms with Gasteiger partial charge in [-0.25, -0.2) is 0 Å². The summed E-state index contributed by atoms with van der Waals surface area (Å²) in [6.45, 7) is 0.345. The van der Waals surface area contributed by atoms with Crippen LogP contribution in [-0.2, 0) is 9.53 Å². The molecule has 2 rings (SSSR count). The van der Waals surface area contributed by atoms with Crippen molar-refractivity contribution in [3.8, 4) is 6.07 Å². The van der Waals surface area contributed by atoms with Crippen molar-refractivity contribution in [2.75, 3.05) is 18.5 Å². The van der Waals surface area contributed by atoms with Crippen molar-refractivity contribution < 1.29 is 9.53 Å². The van der Waals surface area contributed by atoms with Crippen LogP contribution in [0.5, 0.6) is 0 Å². The lowest BCUT2D eigenvalue weighted by Gasteiger charge is -2.33. The lowest BCUT2D eigenvalue weighted by atomic mass is 9.87. The first-order valence-corrected chi connectivity index (χ1v) is 5.52. The molecule has 82 valence electrons. The molecular formula is C11H9BrN2O2. The van der Waals surface area contributed by atoms with Crippen LogP contribution in [0, 0.1) is 16.7 Å². The van der Waals surface area contributed by atoms with Gasteiger partial charge in [-0.2, -0.15) is 5.26 Å². The summed E-state index contributed by atoms with van der Waals surface area (Å²) in [6.07, 6.45) is 0. The Labute approximate surface area is 101 Å². The predicted molar refractivity (Wildman–Crippen MR) is 61.6 cm³/mol. The Morgan fingerprint density at radius 1 is 1.44 bits per heavy atom. The summed E-state index contributed by atoms with van der Waals surface area (Å²) in [7, 11) is 0. The topological polar surface area (TPSA) is 62.1 Å². The highest BCUT2D eigenvalue weighted by atomic mass is 79.9. The zero-order valence-electron chi connectivity index (χ0n) is 8.37. The maximum Gasteiger partial charge on any atom is 0.249 e.